The number of hydrogen-bond donors (Lipinski definition) is 3. The number of aromatic amines is 2. The van der Waals surface area contributed by atoms with Crippen molar-refractivity contribution in [1.82, 2.24) is 19.4 Å². The van der Waals surface area contributed by atoms with E-state index in [1.807, 2.05) is 0 Å². The van der Waals surface area contributed by atoms with Gasteiger partial charge in [-0.15, -0.1) is 0 Å². The number of β-amino-alcohol motifs (C(OH)–C–C–N with tert-alkyl or cyclic N) is 1. The zero-order valence-corrected chi connectivity index (χ0v) is 13.6. The molecular formula is C16H18N4O5. The Hall–Kier alpha value is -2.94. The minimum atomic E-state index is -1.41. The third kappa shape index (κ3) is 3.18. The van der Waals surface area contributed by atoms with Crippen molar-refractivity contribution < 1.29 is 9.90 Å². The average molecular weight is 346 g/mol. The minimum Gasteiger partial charge on any atom is -0.386 e. The van der Waals surface area contributed by atoms with Crippen LogP contribution < -0.4 is 16.8 Å². The van der Waals surface area contributed by atoms with Gasteiger partial charge >= 0.3 is 5.69 Å². The van der Waals surface area contributed by atoms with Crippen LogP contribution in [0.3, 0.4) is 0 Å². The molecule has 9 heteroatoms. The molecule has 1 aliphatic rings. The van der Waals surface area contributed by atoms with E-state index in [1.165, 1.54) is 40.9 Å². The fourth-order valence-corrected chi connectivity index (χ4v) is 3.21. The summed E-state index contributed by atoms with van der Waals surface area (Å²) in [4.78, 5) is 53.5. The van der Waals surface area contributed by atoms with Gasteiger partial charge in [0.1, 0.15) is 11.2 Å². The van der Waals surface area contributed by atoms with E-state index in [9.17, 15) is 24.3 Å². The third-order valence-electron chi connectivity index (χ3n) is 4.42. The maximum Gasteiger partial charge on any atom is 0.328 e. The molecule has 1 saturated heterocycles. The lowest BCUT2D eigenvalue weighted by Crippen LogP contribution is -2.56. The van der Waals surface area contributed by atoms with Crippen molar-refractivity contribution in [2.75, 3.05) is 13.1 Å². The number of hydrogen-bond acceptors (Lipinski definition) is 5. The van der Waals surface area contributed by atoms with E-state index >= 15 is 0 Å². The first-order chi connectivity index (χ1) is 11.8. The van der Waals surface area contributed by atoms with Crippen molar-refractivity contribution in [2.45, 2.75) is 25.0 Å². The molecule has 0 aromatic carbocycles. The number of amides is 1. The number of likely N-dealkylation sites (tertiary alicyclic amines) is 1. The van der Waals surface area contributed by atoms with Crippen LogP contribution in [0.5, 0.6) is 0 Å². The first kappa shape index (κ1) is 16.9. The molecule has 1 fully saturated rings. The maximum absolute atomic E-state index is 12.5. The quantitative estimate of drug-likeness (QED) is 0.647. The summed E-state index contributed by atoms with van der Waals surface area (Å²) in [5.41, 5.74) is -3.03. The number of carbonyl (C=O) groups is 1. The molecule has 3 rings (SSSR count). The van der Waals surface area contributed by atoms with E-state index in [-0.39, 0.29) is 18.7 Å². The van der Waals surface area contributed by atoms with Gasteiger partial charge in [-0.25, -0.2) is 4.79 Å². The van der Waals surface area contributed by atoms with Gasteiger partial charge in [0.25, 0.3) is 17.0 Å². The number of carbonyl (C=O) groups excluding carboxylic acids is 1. The lowest BCUT2D eigenvalue weighted by molar-refractivity contribution is -0.0504. The number of H-pyrrole nitrogens is 2. The Labute approximate surface area is 141 Å². The first-order valence-electron chi connectivity index (χ1n) is 7.80. The van der Waals surface area contributed by atoms with Crippen molar-refractivity contribution >= 4 is 5.91 Å². The highest BCUT2D eigenvalue weighted by Gasteiger charge is 2.41. The van der Waals surface area contributed by atoms with E-state index < -0.39 is 34.4 Å². The summed E-state index contributed by atoms with van der Waals surface area (Å²) >= 11 is 0. The summed E-state index contributed by atoms with van der Waals surface area (Å²) in [5.74, 6) is -0.477. The Balaban J connectivity index is 1.87. The molecule has 0 aliphatic carbocycles. The molecule has 1 aliphatic heterocycles. The Kier molecular flexibility index (Phi) is 4.17. The number of aliphatic hydroxyl groups is 1. The van der Waals surface area contributed by atoms with Crippen LogP contribution in [0.1, 0.15) is 29.7 Å². The molecule has 0 unspecified atom stereocenters. The molecule has 25 heavy (non-hydrogen) atoms. The van der Waals surface area contributed by atoms with Crippen molar-refractivity contribution in [3.63, 3.8) is 0 Å². The van der Waals surface area contributed by atoms with Crippen LogP contribution in [-0.2, 0) is 0 Å². The monoisotopic (exact) mass is 346 g/mol. The molecule has 3 N–H and O–H groups in total. The fraction of sp³-hybridized carbons (Fsp3) is 0.375. The summed E-state index contributed by atoms with van der Waals surface area (Å²) in [6.07, 6.45) is 3.07. The standard InChI is InChI=1S/C16H18N4O5/c1-16(25)9-19(14(23)10-3-2-6-17-13(10)22)7-4-11(16)20-8-5-12(21)18-15(20)24/h2-3,5-6,8,11,25H,4,7,9H2,1H3,(H,17,22)(H,18,21,24)/t11-,16-/m1/s1. The highest BCUT2D eigenvalue weighted by Crippen LogP contribution is 2.31. The Morgan fingerprint density at radius 2 is 2.08 bits per heavy atom. The predicted octanol–water partition coefficient (Wildman–Crippen LogP) is -0.937. The van der Waals surface area contributed by atoms with Gasteiger partial charge in [-0.1, -0.05) is 0 Å². The summed E-state index contributed by atoms with van der Waals surface area (Å²) in [7, 11) is 0. The fourth-order valence-electron chi connectivity index (χ4n) is 3.21. The van der Waals surface area contributed by atoms with Crippen molar-refractivity contribution in [2.24, 2.45) is 0 Å². The lowest BCUT2D eigenvalue weighted by Gasteiger charge is -2.43. The van der Waals surface area contributed by atoms with Gasteiger partial charge in [-0.05, 0) is 25.5 Å². The van der Waals surface area contributed by atoms with Crippen molar-refractivity contribution in [1.29, 1.82) is 0 Å². The molecule has 0 bridgehead atoms. The molecule has 0 spiro atoms. The number of rotatable bonds is 2. The second-order valence-corrected chi connectivity index (χ2v) is 6.32. The second-order valence-electron chi connectivity index (χ2n) is 6.32. The van der Waals surface area contributed by atoms with Crippen LogP contribution in [0.15, 0.2) is 45.0 Å². The number of nitrogens with one attached hydrogen (secondary N) is 2. The molecular weight excluding hydrogens is 328 g/mol. The third-order valence-corrected chi connectivity index (χ3v) is 4.42. The van der Waals surface area contributed by atoms with Gasteiger partial charge in [0.2, 0.25) is 0 Å². The molecule has 0 radical (unpaired) electrons. The van der Waals surface area contributed by atoms with E-state index in [0.29, 0.717) is 6.42 Å². The lowest BCUT2D eigenvalue weighted by atomic mass is 9.88. The van der Waals surface area contributed by atoms with Gasteiger partial charge < -0.3 is 15.0 Å². The number of piperidine rings is 1. The summed E-state index contributed by atoms with van der Waals surface area (Å²) in [5, 5.41) is 10.8. The molecule has 2 atom stereocenters. The normalized spacial score (nSPS) is 23.4. The zero-order chi connectivity index (χ0) is 18.2. The highest BCUT2D eigenvalue weighted by atomic mass is 16.3. The Bertz CT molecular complexity index is 971. The molecule has 2 aromatic rings. The van der Waals surface area contributed by atoms with Crippen LogP contribution in [0.4, 0.5) is 0 Å². The molecule has 9 nitrogen and oxygen atoms in total. The number of aromatic nitrogens is 3. The van der Waals surface area contributed by atoms with Crippen LogP contribution in [-0.4, -0.2) is 49.1 Å². The van der Waals surface area contributed by atoms with Gasteiger partial charge in [0.15, 0.2) is 0 Å². The Morgan fingerprint density at radius 3 is 2.72 bits per heavy atom. The van der Waals surface area contributed by atoms with E-state index in [4.69, 9.17) is 0 Å². The van der Waals surface area contributed by atoms with Gasteiger partial charge in [-0.3, -0.25) is 23.9 Å². The molecule has 0 saturated carbocycles. The van der Waals surface area contributed by atoms with Crippen LogP contribution in [0.25, 0.3) is 0 Å². The Morgan fingerprint density at radius 1 is 1.32 bits per heavy atom. The van der Waals surface area contributed by atoms with Crippen LogP contribution in [0.2, 0.25) is 0 Å². The van der Waals surface area contributed by atoms with E-state index in [2.05, 4.69) is 9.97 Å². The summed E-state index contributed by atoms with van der Waals surface area (Å²) in [6, 6.07) is 3.58. The van der Waals surface area contributed by atoms with Gasteiger partial charge in [-0.2, -0.15) is 0 Å². The number of nitrogens with zero attached hydrogens (tertiary/aromatic N) is 2. The van der Waals surface area contributed by atoms with Gasteiger partial charge in [0.05, 0.1) is 12.6 Å². The predicted molar refractivity (Wildman–Crippen MR) is 88.6 cm³/mol. The van der Waals surface area contributed by atoms with Gasteiger partial charge in [0, 0.05) is 25.0 Å². The summed E-state index contributed by atoms with van der Waals surface area (Å²) in [6.45, 7) is 1.74. The molecule has 3 heterocycles. The minimum absolute atomic E-state index is 0.00189. The smallest absolute Gasteiger partial charge is 0.328 e. The zero-order valence-electron chi connectivity index (χ0n) is 13.6. The summed E-state index contributed by atoms with van der Waals surface area (Å²) < 4.78 is 1.26. The van der Waals surface area contributed by atoms with E-state index in [0.717, 1.165) is 0 Å². The molecule has 1 amide bonds. The molecule has 2 aromatic heterocycles. The SMILES string of the molecule is C[C@@]1(O)CN(C(=O)c2ccc[nH]c2=O)CC[C@H]1n1ccc(=O)[nH]c1=O. The van der Waals surface area contributed by atoms with Crippen molar-refractivity contribution in [3.05, 3.63) is 67.3 Å². The first-order valence-corrected chi connectivity index (χ1v) is 7.80. The van der Waals surface area contributed by atoms with Crippen LogP contribution >= 0.6 is 0 Å². The van der Waals surface area contributed by atoms with Crippen LogP contribution in [0, 0.1) is 0 Å². The largest absolute Gasteiger partial charge is 0.386 e. The van der Waals surface area contributed by atoms with E-state index in [1.54, 1.807) is 6.07 Å². The van der Waals surface area contributed by atoms with Crippen molar-refractivity contribution in [3.8, 4) is 0 Å². The number of pyridine rings is 1. The topological polar surface area (TPSA) is 128 Å². The average Bonchev–Trinajstić information content (AvgIpc) is 2.55. The molecule has 132 valence electrons. The second kappa shape index (κ2) is 6.17. The maximum atomic E-state index is 12.5. The highest BCUT2D eigenvalue weighted by molar-refractivity contribution is 5.93.